The number of aliphatic imine (C=N–C) groups is 2. The molecule has 2 aromatic carbocycles. The van der Waals surface area contributed by atoms with Gasteiger partial charge in [-0.15, -0.1) is 0 Å². The van der Waals surface area contributed by atoms with E-state index in [-0.39, 0.29) is 46.9 Å². The van der Waals surface area contributed by atoms with Gasteiger partial charge in [-0.3, -0.25) is 19.6 Å². The Morgan fingerprint density at radius 2 is 1.11 bits per heavy atom. The summed E-state index contributed by atoms with van der Waals surface area (Å²) in [4.78, 5) is 36.2. The number of hydrogen-bond acceptors (Lipinski definition) is 10. The van der Waals surface area contributed by atoms with Gasteiger partial charge in [0.1, 0.15) is 12.5 Å². The maximum absolute atomic E-state index is 12.5. The van der Waals surface area contributed by atoms with Gasteiger partial charge < -0.3 is 39.7 Å². The second-order valence-electron chi connectivity index (χ2n) is 9.31. The zero-order chi connectivity index (χ0) is 27.1. The highest BCUT2D eigenvalue weighted by atomic mass is 16.5. The van der Waals surface area contributed by atoms with Crippen molar-refractivity contribution in [3.8, 4) is 23.0 Å². The average molecular weight is 525 g/mol. The highest BCUT2D eigenvalue weighted by molar-refractivity contribution is 6.04. The van der Waals surface area contributed by atoms with Crippen molar-refractivity contribution in [2.75, 3.05) is 14.2 Å². The molecule has 4 heterocycles. The van der Waals surface area contributed by atoms with Crippen molar-refractivity contribution in [1.29, 1.82) is 0 Å². The summed E-state index contributed by atoms with van der Waals surface area (Å²) in [5.74, 6) is -0.270. The van der Waals surface area contributed by atoms with Crippen LogP contribution in [0.3, 0.4) is 0 Å². The molecule has 0 saturated carbocycles. The molecule has 0 bridgehead atoms. The van der Waals surface area contributed by atoms with Gasteiger partial charge in [0.15, 0.2) is 23.0 Å². The van der Waals surface area contributed by atoms with E-state index in [1.807, 2.05) is 0 Å². The number of carbonyl (C=O) groups excluding carboxylic acids is 2. The largest absolute Gasteiger partial charge is 0.504 e. The highest BCUT2D eigenvalue weighted by Gasteiger charge is 2.39. The van der Waals surface area contributed by atoms with Crippen molar-refractivity contribution in [1.82, 2.24) is 9.80 Å². The Morgan fingerprint density at radius 3 is 1.47 bits per heavy atom. The topological polar surface area (TPSA) is 165 Å². The van der Waals surface area contributed by atoms with E-state index in [2.05, 4.69) is 9.98 Å². The number of rotatable bonds is 2. The number of carbonyl (C=O) groups is 2. The molecule has 12 heteroatoms. The van der Waals surface area contributed by atoms with E-state index in [4.69, 9.17) is 9.47 Å². The van der Waals surface area contributed by atoms with E-state index >= 15 is 0 Å². The minimum atomic E-state index is -0.783. The van der Waals surface area contributed by atoms with Crippen LogP contribution in [0.25, 0.3) is 0 Å². The zero-order valence-corrected chi connectivity index (χ0v) is 20.8. The van der Waals surface area contributed by atoms with Crippen LogP contribution in [0.4, 0.5) is 11.4 Å². The Hall–Kier alpha value is -4.16. The monoisotopic (exact) mass is 524 g/mol. The molecule has 0 aromatic heterocycles. The molecule has 0 radical (unpaired) electrons. The number of nitrogens with zero attached hydrogens (tertiary/aromatic N) is 4. The fraction of sp³-hybridized carbons (Fsp3) is 0.385. The maximum Gasteiger partial charge on any atom is 0.258 e. The van der Waals surface area contributed by atoms with Gasteiger partial charge >= 0.3 is 0 Å². The molecule has 2 amide bonds. The lowest BCUT2D eigenvalue weighted by Crippen LogP contribution is -2.41. The molecule has 2 saturated heterocycles. The number of benzene rings is 2. The standard InChI is InChI=1S/2C13H14N2O4/c2*1-19-11-4-8-9(5-10(11)16)14-6-7-2-3-12(17)15(7)13(8)18/h2*4-7,12,16-17H,2-3H2,1H3/t2*7-,12+/m11/s1. The summed E-state index contributed by atoms with van der Waals surface area (Å²) < 4.78 is 10.0. The van der Waals surface area contributed by atoms with E-state index in [9.17, 15) is 30.0 Å². The lowest BCUT2D eigenvalue weighted by molar-refractivity contribution is 0.0237. The van der Waals surface area contributed by atoms with Crippen LogP contribution in [-0.4, -0.2) is 93.2 Å². The molecule has 6 rings (SSSR count). The first-order valence-corrected chi connectivity index (χ1v) is 12.1. The summed E-state index contributed by atoms with van der Waals surface area (Å²) in [6.07, 6.45) is 4.20. The summed E-state index contributed by atoms with van der Waals surface area (Å²) >= 11 is 0. The fourth-order valence-electron chi connectivity index (χ4n) is 5.11. The van der Waals surface area contributed by atoms with E-state index in [0.717, 1.165) is 0 Å². The molecule has 12 nitrogen and oxygen atoms in total. The molecular formula is C26H28N4O8. The third-order valence-corrected chi connectivity index (χ3v) is 7.09. The SMILES string of the molecule is COc1cc2c(cc1O)N=C[C@H]1CC[C@H](O)N1C2=O.COc1cc2c(cc1O)N=C[C@H]1CC[C@H](O)N1C2=O. The number of aliphatic hydroxyl groups is 2. The van der Waals surface area contributed by atoms with Crippen LogP contribution in [0.2, 0.25) is 0 Å². The molecule has 38 heavy (non-hydrogen) atoms. The lowest BCUT2D eigenvalue weighted by Gasteiger charge is -2.24. The normalized spacial score (nSPS) is 24.9. The van der Waals surface area contributed by atoms with E-state index < -0.39 is 12.5 Å². The first-order valence-electron chi connectivity index (χ1n) is 12.1. The van der Waals surface area contributed by atoms with Crippen molar-refractivity contribution in [3.63, 3.8) is 0 Å². The second-order valence-corrected chi connectivity index (χ2v) is 9.31. The molecular weight excluding hydrogens is 496 g/mol. The van der Waals surface area contributed by atoms with Crippen LogP contribution in [0, 0.1) is 0 Å². The van der Waals surface area contributed by atoms with Crippen LogP contribution in [-0.2, 0) is 0 Å². The Kier molecular flexibility index (Phi) is 6.67. The molecule has 4 atom stereocenters. The predicted octanol–water partition coefficient (Wildman–Crippen LogP) is 2.08. The number of fused-ring (bicyclic) bond motifs is 4. The van der Waals surface area contributed by atoms with Crippen molar-refractivity contribution in [2.45, 2.75) is 50.2 Å². The van der Waals surface area contributed by atoms with Gasteiger partial charge in [0.2, 0.25) is 0 Å². The zero-order valence-electron chi connectivity index (χ0n) is 20.8. The van der Waals surface area contributed by atoms with Crippen molar-refractivity contribution in [2.24, 2.45) is 9.98 Å². The number of aliphatic hydroxyl groups excluding tert-OH is 2. The van der Waals surface area contributed by atoms with Crippen molar-refractivity contribution in [3.05, 3.63) is 35.4 Å². The van der Waals surface area contributed by atoms with Gasteiger partial charge in [0.25, 0.3) is 11.8 Å². The first-order chi connectivity index (χ1) is 18.2. The van der Waals surface area contributed by atoms with Crippen LogP contribution < -0.4 is 9.47 Å². The molecule has 4 aliphatic rings. The Labute approximate surface area is 218 Å². The molecule has 4 aliphatic heterocycles. The summed E-state index contributed by atoms with van der Waals surface area (Å²) in [6.45, 7) is 0. The first kappa shape index (κ1) is 25.5. The molecule has 200 valence electrons. The average Bonchev–Trinajstić information content (AvgIpc) is 3.38. The maximum atomic E-state index is 12.5. The predicted molar refractivity (Wildman–Crippen MR) is 136 cm³/mol. The molecule has 0 unspecified atom stereocenters. The molecule has 2 fully saturated rings. The summed E-state index contributed by atoms with van der Waals surface area (Å²) in [5, 5.41) is 39.2. The number of amides is 2. The minimum absolute atomic E-state index is 0.0613. The number of methoxy groups -OCH3 is 2. The molecule has 2 aromatic rings. The van der Waals surface area contributed by atoms with Gasteiger partial charge in [-0.05, 0) is 37.8 Å². The second kappa shape index (κ2) is 9.95. The smallest absolute Gasteiger partial charge is 0.258 e. The van der Waals surface area contributed by atoms with E-state index in [1.54, 1.807) is 12.4 Å². The van der Waals surface area contributed by atoms with Crippen molar-refractivity contribution >= 4 is 35.6 Å². The number of ether oxygens (including phenoxy) is 2. The quantitative estimate of drug-likeness (QED) is 0.464. The number of hydrogen-bond donors (Lipinski definition) is 4. The number of phenols is 2. The van der Waals surface area contributed by atoms with Crippen LogP contribution in [0.5, 0.6) is 23.0 Å². The van der Waals surface area contributed by atoms with Gasteiger partial charge in [-0.2, -0.15) is 0 Å². The minimum Gasteiger partial charge on any atom is -0.504 e. The Morgan fingerprint density at radius 1 is 0.711 bits per heavy atom. The molecule has 0 aliphatic carbocycles. The van der Waals surface area contributed by atoms with Crippen LogP contribution in [0.15, 0.2) is 34.3 Å². The third-order valence-electron chi connectivity index (χ3n) is 7.09. The van der Waals surface area contributed by atoms with Gasteiger partial charge in [-0.25, -0.2) is 0 Å². The Balaban J connectivity index is 0.000000155. The number of phenolic OH excluding ortho intramolecular Hbond substituents is 2. The number of aromatic hydroxyl groups is 2. The summed E-state index contributed by atoms with van der Waals surface area (Å²) in [7, 11) is 2.83. The fourth-order valence-corrected chi connectivity index (χ4v) is 5.11. The van der Waals surface area contributed by atoms with Gasteiger partial charge in [-0.1, -0.05) is 0 Å². The van der Waals surface area contributed by atoms with Crippen LogP contribution >= 0.6 is 0 Å². The van der Waals surface area contributed by atoms with E-state index in [0.29, 0.717) is 48.2 Å². The third kappa shape index (κ3) is 4.31. The lowest BCUT2D eigenvalue weighted by atomic mass is 10.1. The van der Waals surface area contributed by atoms with Gasteiger partial charge in [0.05, 0.1) is 48.8 Å². The summed E-state index contributed by atoms with van der Waals surface area (Å²) in [6, 6.07) is 5.33. The molecule has 0 spiro atoms. The van der Waals surface area contributed by atoms with Crippen LogP contribution in [0.1, 0.15) is 46.4 Å². The van der Waals surface area contributed by atoms with E-state index in [1.165, 1.54) is 48.3 Å². The van der Waals surface area contributed by atoms with Crippen molar-refractivity contribution < 1.29 is 39.5 Å². The highest BCUT2D eigenvalue weighted by Crippen LogP contribution is 2.39. The van der Waals surface area contributed by atoms with Gasteiger partial charge in [0, 0.05) is 24.6 Å². The molecule has 4 N–H and O–H groups in total. The summed E-state index contributed by atoms with van der Waals surface area (Å²) in [5.41, 5.74) is 1.44. The Bertz CT molecular complexity index is 1240.